The Kier molecular flexibility index (Phi) is 13.5. The van der Waals surface area contributed by atoms with Crippen LogP contribution >= 0.6 is 0 Å². The van der Waals surface area contributed by atoms with Crippen molar-refractivity contribution in [3.8, 4) is 5.75 Å². The van der Waals surface area contributed by atoms with E-state index in [4.69, 9.17) is 4.74 Å². The summed E-state index contributed by atoms with van der Waals surface area (Å²) in [5.41, 5.74) is 3.87. The molecule has 0 bridgehead atoms. The Morgan fingerprint density at radius 1 is 0.797 bits per heavy atom. The van der Waals surface area contributed by atoms with E-state index in [0.29, 0.717) is 36.3 Å². The van der Waals surface area contributed by atoms with E-state index in [1.807, 2.05) is 54.4 Å². The van der Waals surface area contributed by atoms with Gasteiger partial charge in [0.1, 0.15) is 23.7 Å². The largest absolute Gasteiger partial charge is 0.490 e. The molecule has 2 aliphatic carbocycles. The quantitative estimate of drug-likeness (QED) is 0.126. The summed E-state index contributed by atoms with van der Waals surface area (Å²) < 4.78 is 20.4. The fraction of sp³-hybridized carbons (Fsp3) is 0.500. The van der Waals surface area contributed by atoms with Crippen molar-refractivity contribution in [1.82, 2.24) is 25.0 Å². The Hall–Kier alpha value is -6.22. The highest BCUT2D eigenvalue weighted by atomic mass is 19.1. The Morgan fingerprint density at radius 2 is 1.54 bits per heavy atom. The van der Waals surface area contributed by atoms with E-state index in [0.717, 1.165) is 123 Å². The van der Waals surface area contributed by atoms with Gasteiger partial charge in [-0.25, -0.2) is 4.39 Å². The lowest BCUT2D eigenvalue weighted by molar-refractivity contribution is -0.139. The second-order valence-corrected chi connectivity index (χ2v) is 20.3. The zero-order valence-electron chi connectivity index (χ0n) is 39.3. The molecule has 6 amide bonds. The number of imide groups is 2. The zero-order chi connectivity index (χ0) is 47.8. The minimum Gasteiger partial charge on any atom is -0.490 e. The third-order valence-corrected chi connectivity index (χ3v) is 16.2. The van der Waals surface area contributed by atoms with Crippen molar-refractivity contribution < 1.29 is 37.9 Å². The molecule has 362 valence electrons. The molecule has 4 aromatic rings. The van der Waals surface area contributed by atoms with Crippen LogP contribution in [0.4, 0.5) is 15.8 Å². The van der Waals surface area contributed by atoms with E-state index in [9.17, 15) is 33.2 Å². The van der Waals surface area contributed by atoms with Gasteiger partial charge in [0.05, 0.1) is 16.6 Å². The summed E-state index contributed by atoms with van der Waals surface area (Å²) >= 11 is 0. The number of likely N-dealkylation sites (tertiary alicyclic amines) is 2. The van der Waals surface area contributed by atoms with Crippen LogP contribution in [-0.2, 0) is 19.2 Å². The Morgan fingerprint density at radius 3 is 2.26 bits per heavy atom. The lowest BCUT2D eigenvalue weighted by Crippen LogP contribution is -2.54. The average Bonchev–Trinajstić information content (AvgIpc) is 3.63. The van der Waals surface area contributed by atoms with Crippen molar-refractivity contribution >= 4 is 57.7 Å². The normalized spacial score (nSPS) is 25.6. The van der Waals surface area contributed by atoms with E-state index >= 15 is 0 Å². The molecular formula is C54H62FN7O7. The molecule has 2 atom stereocenters. The van der Waals surface area contributed by atoms with Gasteiger partial charge in [0.25, 0.3) is 11.8 Å². The van der Waals surface area contributed by atoms with Crippen LogP contribution in [0.5, 0.6) is 5.75 Å². The number of amides is 6. The SMILES string of the molecule is C[C@@H](C(=O)Nc1ccc(OC2CCN(C(=O)C3CCN(C4CCC(Nc5cccc6c5C(=O)N(C5CCC(=O)NC5=O)C6=O)CC4)CC3)CC2)cc1)[C@H]1CC[C@@H](c2ccnc3ccc(F)cc32)CC1. The Labute approximate surface area is 402 Å². The number of pyridine rings is 1. The molecule has 6 aliphatic rings. The summed E-state index contributed by atoms with van der Waals surface area (Å²) in [6.07, 6.45) is 12.8. The second-order valence-electron chi connectivity index (χ2n) is 20.3. The molecule has 1 unspecified atom stereocenters. The molecule has 3 aromatic carbocycles. The first-order valence-electron chi connectivity index (χ1n) is 25.2. The number of nitrogens with zero attached hydrogens (tertiary/aromatic N) is 4. The van der Waals surface area contributed by atoms with Gasteiger partial charge < -0.3 is 25.2 Å². The minimum absolute atomic E-state index is 0.0126. The molecular weight excluding hydrogens is 878 g/mol. The number of fused-ring (bicyclic) bond motifs is 2. The number of hydrogen-bond acceptors (Lipinski definition) is 10. The highest BCUT2D eigenvalue weighted by Gasteiger charge is 2.46. The standard InChI is InChI=1S/C54H62FN7O7/c1-32(33-5-7-34(8-6-33)42-21-26-56-45-18-9-36(55)31-44(42)45)50(64)58-38-12-16-40(17-13-38)69-41-24-29-61(30-25-41)52(66)35-22-27-60(28-23-35)39-14-10-37(11-15-39)57-46-4-2-3-43-49(46)54(68)62(53(43)67)47-19-20-48(63)59-51(47)65/h2-4,9,12-13,16-18,21,26,31-35,37,39,41,47,57H,5-8,10-11,14-15,19-20,22-25,27-30H2,1H3,(H,58,64)(H,59,63,65)/t32-,33-,34+,37?,39?,47?/m1/s1. The van der Waals surface area contributed by atoms with Crippen molar-refractivity contribution in [1.29, 1.82) is 0 Å². The van der Waals surface area contributed by atoms with Crippen LogP contribution in [-0.4, -0.2) is 106 Å². The predicted molar refractivity (Wildman–Crippen MR) is 258 cm³/mol. The van der Waals surface area contributed by atoms with Gasteiger partial charge in [0.2, 0.25) is 23.6 Å². The molecule has 69 heavy (non-hydrogen) atoms. The fourth-order valence-electron chi connectivity index (χ4n) is 12.1. The first-order chi connectivity index (χ1) is 33.5. The number of anilines is 2. The highest BCUT2D eigenvalue weighted by molar-refractivity contribution is 6.25. The second kappa shape index (κ2) is 20.0. The van der Waals surface area contributed by atoms with Crippen molar-refractivity contribution in [2.24, 2.45) is 17.8 Å². The van der Waals surface area contributed by atoms with Crippen molar-refractivity contribution in [2.75, 3.05) is 36.8 Å². The third kappa shape index (κ3) is 9.84. The van der Waals surface area contributed by atoms with Crippen LogP contribution in [0.2, 0.25) is 0 Å². The minimum atomic E-state index is -0.999. The number of hydrogen-bond donors (Lipinski definition) is 3. The smallest absolute Gasteiger partial charge is 0.264 e. The summed E-state index contributed by atoms with van der Waals surface area (Å²) in [6.45, 7) is 5.14. The first-order valence-corrected chi connectivity index (χ1v) is 25.2. The van der Waals surface area contributed by atoms with E-state index < -0.39 is 29.7 Å². The van der Waals surface area contributed by atoms with Gasteiger partial charge in [-0.1, -0.05) is 13.0 Å². The summed E-state index contributed by atoms with van der Waals surface area (Å²) in [6, 6.07) is 19.1. The summed E-state index contributed by atoms with van der Waals surface area (Å²) in [5, 5.41) is 9.80. The van der Waals surface area contributed by atoms with Gasteiger partial charge in [-0.3, -0.25) is 44.0 Å². The number of carbonyl (C=O) groups is 6. The third-order valence-electron chi connectivity index (χ3n) is 16.2. The molecule has 2 saturated carbocycles. The number of nitrogens with one attached hydrogen (secondary N) is 3. The number of rotatable bonds is 11. The first kappa shape index (κ1) is 46.5. The Balaban J connectivity index is 0.625. The summed E-state index contributed by atoms with van der Waals surface area (Å²) in [5.74, 6) is -0.773. The maximum atomic E-state index is 14.1. The van der Waals surface area contributed by atoms with Crippen molar-refractivity contribution in [2.45, 2.75) is 127 Å². The highest BCUT2D eigenvalue weighted by Crippen LogP contribution is 2.41. The van der Waals surface area contributed by atoms with Gasteiger partial charge in [-0.15, -0.1) is 0 Å². The van der Waals surface area contributed by atoms with Crippen molar-refractivity contribution in [3.05, 3.63) is 95.4 Å². The molecule has 4 aliphatic heterocycles. The molecule has 15 heteroatoms. The molecule has 0 radical (unpaired) electrons. The number of halogens is 1. The van der Waals surface area contributed by atoms with E-state index in [1.165, 1.54) is 6.07 Å². The zero-order valence-corrected chi connectivity index (χ0v) is 39.3. The van der Waals surface area contributed by atoms with Gasteiger partial charge in [-0.2, -0.15) is 0 Å². The molecule has 1 aromatic heterocycles. The van der Waals surface area contributed by atoms with Gasteiger partial charge in [-0.05, 0) is 162 Å². The van der Waals surface area contributed by atoms with Crippen LogP contribution in [0.25, 0.3) is 10.9 Å². The van der Waals surface area contributed by atoms with Gasteiger partial charge >= 0.3 is 0 Å². The van der Waals surface area contributed by atoms with Crippen LogP contribution in [0.3, 0.4) is 0 Å². The molecule has 3 N–H and O–H groups in total. The number of benzene rings is 3. The number of aromatic nitrogens is 1. The van der Waals surface area contributed by atoms with Crippen LogP contribution in [0.1, 0.15) is 129 Å². The maximum absolute atomic E-state index is 14.1. The fourth-order valence-corrected chi connectivity index (χ4v) is 12.1. The Bertz CT molecular complexity index is 2610. The van der Waals surface area contributed by atoms with Gasteiger partial charge in [0, 0.05) is 79.2 Å². The van der Waals surface area contributed by atoms with Crippen LogP contribution < -0.4 is 20.7 Å². The number of carbonyl (C=O) groups excluding carboxylic acids is 6. The maximum Gasteiger partial charge on any atom is 0.264 e. The topological polar surface area (TPSA) is 170 Å². The molecule has 5 heterocycles. The van der Waals surface area contributed by atoms with Crippen molar-refractivity contribution in [3.63, 3.8) is 0 Å². The lowest BCUT2D eigenvalue weighted by Gasteiger charge is -2.42. The number of piperidine rings is 3. The van der Waals surface area contributed by atoms with Gasteiger partial charge in [0.15, 0.2) is 0 Å². The van der Waals surface area contributed by atoms with Crippen LogP contribution in [0.15, 0.2) is 72.9 Å². The molecule has 0 spiro atoms. The summed E-state index contributed by atoms with van der Waals surface area (Å²) in [7, 11) is 0. The molecule has 10 rings (SSSR count). The van der Waals surface area contributed by atoms with E-state index in [1.54, 1.807) is 24.3 Å². The van der Waals surface area contributed by atoms with Crippen LogP contribution in [0, 0.1) is 23.6 Å². The van der Waals surface area contributed by atoms with E-state index in [-0.39, 0.29) is 65.9 Å². The van der Waals surface area contributed by atoms with E-state index in [2.05, 4.69) is 25.8 Å². The molecule has 5 fully saturated rings. The monoisotopic (exact) mass is 939 g/mol. The lowest BCUT2D eigenvalue weighted by atomic mass is 9.73. The predicted octanol–water partition coefficient (Wildman–Crippen LogP) is 7.83. The number of ether oxygens (including phenoxy) is 1. The molecule has 14 nitrogen and oxygen atoms in total. The molecule has 3 saturated heterocycles. The average molecular weight is 940 g/mol. The summed E-state index contributed by atoms with van der Waals surface area (Å²) in [4.78, 5) is 88.2.